The number of ether oxygens (including phenoxy) is 2. The van der Waals surface area contributed by atoms with Crippen molar-refractivity contribution in [2.75, 3.05) is 13.4 Å². The third-order valence-corrected chi connectivity index (χ3v) is 3.00. The van der Waals surface area contributed by atoms with Crippen LogP contribution in [0.4, 0.5) is 4.79 Å². The summed E-state index contributed by atoms with van der Waals surface area (Å²) < 4.78 is 9.80. The zero-order valence-corrected chi connectivity index (χ0v) is 13.7. The predicted molar refractivity (Wildman–Crippen MR) is 80.4 cm³/mol. The van der Waals surface area contributed by atoms with Gasteiger partial charge in [-0.15, -0.1) is 11.8 Å². The van der Waals surface area contributed by atoms with Gasteiger partial charge >= 0.3 is 12.1 Å². The molecule has 7 heteroatoms. The number of carbonyl (C=O) groups excluding carboxylic acids is 2. The van der Waals surface area contributed by atoms with E-state index in [0.29, 0.717) is 5.69 Å². The third kappa shape index (κ3) is 6.03. The Labute approximate surface area is 128 Å². The Morgan fingerprint density at radius 1 is 1.33 bits per heavy atom. The molecule has 1 heterocycles. The second-order valence-corrected chi connectivity index (χ2v) is 6.11. The Balaban J connectivity index is 2.79. The number of nitrogens with one attached hydrogen (secondary N) is 1. The quantitative estimate of drug-likeness (QED) is 0.680. The molecule has 6 nitrogen and oxygen atoms in total. The first-order chi connectivity index (χ1) is 9.75. The van der Waals surface area contributed by atoms with Gasteiger partial charge in [-0.1, -0.05) is 0 Å². The van der Waals surface area contributed by atoms with Gasteiger partial charge in [-0.2, -0.15) is 0 Å². The van der Waals surface area contributed by atoms with Crippen LogP contribution in [0.2, 0.25) is 0 Å². The van der Waals surface area contributed by atoms with Crippen LogP contribution in [0.15, 0.2) is 17.0 Å². The summed E-state index contributed by atoms with van der Waals surface area (Å²) in [5.74, 6) is -0.510. The number of pyridine rings is 1. The Bertz CT molecular complexity index is 526. The van der Waals surface area contributed by atoms with E-state index in [1.807, 2.05) is 6.26 Å². The van der Waals surface area contributed by atoms with Crippen molar-refractivity contribution in [1.82, 2.24) is 10.3 Å². The molecule has 0 radical (unpaired) electrons. The Kier molecular flexibility index (Phi) is 6.02. The SMILES string of the molecule is COC(=O)c1cc(SC)cc(CNC(=O)OC(C)(C)C)n1. The smallest absolute Gasteiger partial charge is 0.407 e. The van der Waals surface area contributed by atoms with Crippen LogP contribution in [0.25, 0.3) is 0 Å². The highest BCUT2D eigenvalue weighted by molar-refractivity contribution is 7.98. The standard InChI is InChI=1S/C14H20N2O4S/c1-14(2,3)20-13(18)15-8-9-6-10(21-5)7-11(16-9)12(17)19-4/h6-7H,8H2,1-5H3,(H,15,18). The molecule has 1 aromatic heterocycles. The van der Waals surface area contributed by atoms with E-state index in [-0.39, 0.29) is 12.2 Å². The number of amides is 1. The highest BCUT2D eigenvalue weighted by Crippen LogP contribution is 2.17. The molecule has 0 aromatic carbocycles. The molecule has 1 rings (SSSR count). The van der Waals surface area contributed by atoms with Gasteiger partial charge in [-0.3, -0.25) is 0 Å². The summed E-state index contributed by atoms with van der Waals surface area (Å²) in [6.45, 7) is 5.53. The molecular weight excluding hydrogens is 292 g/mol. The molecule has 1 amide bonds. The molecule has 1 N–H and O–H groups in total. The largest absolute Gasteiger partial charge is 0.464 e. The second kappa shape index (κ2) is 7.31. The fourth-order valence-corrected chi connectivity index (χ4v) is 1.94. The number of esters is 1. The Morgan fingerprint density at radius 3 is 2.52 bits per heavy atom. The van der Waals surface area contributed by atoms with Crippen LogP contribution < -0.4 is 5.32 Å². The number of aromatic nitrogens is 1. The average Bonchev–Trinajstić information content (AvgIpc) is 2.42. The lowest BCUT2D eigenvalue weighted by molar-refractivity contribution is 0.0522. The summed E-state index contributed by atoms with van der Waals surface area (Å²) in [6.07, 6.45) is 1.36. The average molecular weight is 312 g/mol. The lowest BCUT2D eigenvalue weighted by Crippen LogP contribution is -2.32. The van der Waals surface area contributed by atoms with Crippen molar-refractivity contribution in [1.29, 1.82) is 0 Å². The van der Waals surface area contributed by atoms with Gasteiger partial charge in [0, 0.05) is 4.90 Å². The lowest BCUT2D eigenvalue weighted by Gasteiger charge is -2.19. The van der Waals surface area contributed by atoms with Crippen molar-refractivity contribution in [2.24, 2.45) is 0 Å². The first-order valence-electron chi connectivity index (χ1n) is 6.35. The number of hydrogen-bond donors (Lipinski definition) is 1. The molecule has 0 fully saturated rings. The summed E-state index contributed by atoms with van der Waals surface area (Å²) in [7, 11) is 1.30. The van der Waals surface area contributed by atoms with Crippen molar-refractivity contribution in [2.45, 2.75) is 37.8 Å². The summed E-state index contributed by atoms with van der Waals surface area (Å²) >= 11 is 1.48. The first-order valence-corrected chi connectivity index (χ1v) is 7.58. The fraction of sp³-hybridized carbons (Fsp3) is 0.500. The fourth-order valence-electron chi connectivity index (χ4n) is 1.45. The minimum Gasteiger partial charge on any atom is -0.464 e. The zero-order chi connectivity index (χ0) is 16.0. The first kappa shape index (κ1) is 17.3. The highest BCUT2D eigenvalue weighted by Gasteiger charge is 2.16. The van der Waals surface area contributed by atoms with E-state index in [1.165, 1.54) is 18.9 Å². The van der Waals surface area contributed by atoms with Crippen molar-refractivity contribution >= 4 is 23.8 Å². The molecule has 116 valence electrons. The number of methoxy groups -OCH3 is 1. The van der Waals surface area contributed by atoms with Gasteiger partial charge < -0.3 is 14.8 Å². The lowest BCUT2D eigenvalue weighted by atomic mass is 10.2. The van der Waals surface area contributed by atoms with Crippen molar-refractivity contribution in [3.05, 3.63) is 23.5 Å². The number of thioether (sulfide) groups is 1. The normalized spacial score (nSPS) is 10.9. The van der Waals surface area contributed by atoms with Gasteiger partial charge in [0.05, 0.1) is 19.3 Å². The maximum absolute atomic E-state index is 11.6. The summed E-state index contributed by atoms with van der Waals surface area (Å²) in [4.78, 5) is 28.2. The van der Waals surface area contributed by atoms with Crippen LogP contribution in [0, 0.1) is 0 Å². The molecular formula is C14H20N2O4S. The van der Waals surface area contributed by atoms with Gasteiger partial charge in [0.2, 0.25) is 0 Å². The van der Waals surface area contributed by atoms with Crippen LogP contribution in [0.3, 0.4) is 0 Å². The topological polar surface area (TPSA) is 77.5 Å². The maximum Gasteiger partial charge on any atom is 0.407 e. The summed E-state index contributed by atoms with van der Waals surface area (Å²) in [5, 5.41) is 2.61. The number of rotatable bonds is 4. The van der Waals surface area contributed by atoms with Crippen LogP contribution in [0.5, 0.6) is 0 Å². The number of carbonyl (C=O) groups is 2. The van der Waals surface area contributed by atoms with Crippen LogP contribution >= 0.6 is 11.8 Å². The van der Waals surface area contributed by atoms with Crippen LogP contribution in [0.1, 0.15) is 37.0 Å². The van der Waals surface area contributed by atoms with Gasteiger partial charge in [0.25, 0.3) is 0 Å². The van der Waals surface area contributed by atoms with Crippen molar-refractivity contribution < 1.29 is 19.1 Å². The zero-order valence-electron chi connectivity index (χ0n) is 12.9. The van der Waals surface area contributed by atoms with Crippen molar-refractivity contribution in [3.8, 4) is 0 Å². The van der Waals surface area contributed by atoms with E-state index in [9.17, 15) is 9.59 Å². The maximum atomic E-state index is 11.6. The third-order valence-electron chi connectivity index (χ3n) is 2.29. The van der Waals surface area contributed by atoms with Gasteiger partial charge in [-0.05, 0) is 39.2 Å². The molecule has 0 bridgehead atoms. The molecule has 0 aliphatic carbocycles. The molecule has 0 aliphatic heterocycles. The molecule has 0 spiro atoms. The van der Waals surface area contributed by atoms with E-state index in [1.54, 1.807) is 32.9 Å². The number of hydrogen-bond acceptors (Lipinski definition) is 6. The highest BCUT2D eigenvalue weighted by atomic mass is 32.2. The molecule has 0 saturated heterocycles. The van der Waals surface area contributed by atoms with Gasteiger partial charge in [0.15, 0.2) is 0 Å². The molecule has 21 heavy (non-hydrogen) atoms. The van der Waals surface area contributed by atoms with E-state index in [4.69, 9.17) is 4.74 Å². The van der Waals surface area contributed by atoms with E-state index < -0.39 is 17.7 Å². The molecule has 1 aromatic rings. The molecule has 0 aliphatic rings. The van der Waals surface area contributed by atoms with Gasteiger partial charge in [0.1, 0.15) is 11.3 Å². The van der Waals surface area contributed by atoms with E-state index >= 15 is 0 Å². The van der Waals surface area contributed by atoms with Crippen LogP contribution in [-0.4, -0.2) is 36.0 Å². The minimum atomic E-state index is -0.560. The molecule has 0 unspecified atom stereocenters. The summed E-state index contributed by atoms with van der Waals surface area (Å²) in [5.41, 5.74) is 0.217. The second-order valence-electron chi connectivity index (χ2n) is 5.23. The predicted octanol–water partition coefficient (Wildman–Crippen LogP) is 2.61. The molecule has 0 saturated carbocycles. The van der Waals surface area contributed by atoms with E-state index in [0.717, 1.165) is 4.90 Å². The summed E-state index contributed by atoms with van der Waals surface area (Å²) in [6, 6.07) is 3.45. The monoisotopic (exact) mass is 312 g/mol. The Hall–Kier alpha value is -1.76. The van der Waals surface area contributed by atoms with E-state index in [2.05, 4.69) is 15.0 Å². The van der Waals surface area contributed by atoms with Gasteiger partial charge in [-0.25, -0.2) is 14.6 Å². The van der Waals surface area contributed by atoms with Crippen LogP contribution in [-0.2, 0) is 16.0 Å². The molecule has 0 atom stereocenters. The minimum absolute atomic E-state index is 0.174. The van der Waals surface area contributed by atoms with Crippen molar-refractivity contribution in [3.63, 3.8) is 0 Å². The number of alkyl carbamates (subject to hydrolysis) is 1. The number of nitrogens with zero attached hydrogens (tertiary/aromatic N) is 1. The Morgan fingerprint density at radius 2 is 2.00 bits per heavy atom.